The zero-order valence-corrected chi connectivity index (χ0v) is 17.5. The summed E-state index contributed by atoms with van der Waals surface area (Å²) in [6, 6.07) is 6.34. The van der Waals surface area contributed by atoms with Crippen molar-refractivity contribution in [3.05, 3.63) is 35.5 Å². The predicted molar refractivity (Wildman–Crippen MR) is 114 cm³/mol. The maximum Gasteiger partial charge on any atom is 0.309 e. The number of benzene rings is 1. The van der Waals surface area contributed by atoms with E-state index in [0.29, 0.717) is 31.9 Å². The summed E-state index contributed by atoms with van der Waals surface area (Å²) in [4.78, 5) is 30.3. The molecule has 0 spiro atoms. The van der Waals surface area contributed by atoms with Gasteiger partial charge in [-0.25, -0.2) is 0 Å². The highest BCUT2D eigenvalue weighted by molar-refractivity contribution is 5.89. The Labute approximate surface area is 176 Å². The van der Waals surface area contributed by atoms with Crippen molar-refractivity contribution in [1.29, 1.82) is 0 Å². The molecule has 3 aliphatic rings. The molecule has 1 saturated heterocycles. The van der Waals surface area contributed by atoms with Crippen molar-refractivity contribution in [2.75, 3.05) is 13.2 Å². The Morgan fingerprint density at radius 2 is 2.10 bits per heavy atom. The lowest BCUT2D eigenvalue weighted by Gasteiger charge is -2.46. The number of morpholine rings is 1. The number of nitrogens with one attached hydrogen (secondary N) is 1. The highest BCUT2D eigenvalue weighted by atomic mass is 16.5. The molecule has 2 saturated carbocycles. The summed E-state index contributed by atoms with van der Waals surface area (Å²) in [6.07, 6.45) is 6.91. The maximum absolute atomic E-state index is 13.3. The molecule has 1 amide bonds. The Hall–Kier alpha value is -2.34. The maximum atomic E-state index is 13.3. The standard InChI is InChI=1S/C24H30N2O4/c1-14(18-13-25-19-6-2-4-16(22(18)19)15-8-9-15)12-21(27)26-10-11-30-23-17(24(28)29)5-3-7-20(23)26/h2,4,6,13-15,17,20,23,25H,3,5,7-12H2,1H3,(H,28,29). The number of carbonyl (C=O) groups is 2. The molecule has 0 bridgehead atoms. The Morgan fingerprint density at radius 3 is 2.87 bits per heavy atom. The molecule has 1 aromatic carbocycles. The van der Waals surface area contributed by atoms with Crippen molar-refractivity contribution in [3.8, 4) is 0 Å². The molecular weight excluding hydrogens is 380 g/mol. The van der Waals surface area contributed by atoms with Crippen LogP contribution in [-0.2, 0) is 14.3 Å². The second-order valence-electron chi connectivity index (χ2n) is 9.26. The van der Waals surface area contributed by atoms with Crippen molar-refractivity contribution in [1.82, 2.24) is 9.88 Å². The van der Waals surface area contributed by atoms with E-state index >= 15 is 0 Å². The second kappa shape index (κ2) is 7.73. The van der Waals surface area contributed by atoms with Crippen LogP contribution in [-0.4, -0.2) is 52.2 Å². The number of rotatable bonds is 5. The van der Waals surface area contributed by atoms with E-state index in [1.54, 1.807) is 0 Å². The van der Waals surface area contributed by atoms with Crippen LogP contribution in [0.1, 0.15) is 68.4 Å². The van der Waals surface area contributed by atoms with Gasteiger partial charge in [-0.2, -0.15) is 0 Å². The third kappa shape index (κ3) is 3.41. The molecule has 4 unspecified atom stereocenters. The van der Waals surface area contributed by atoms with Crippen LogP contribution in [0.5, 0.6) is 0 Å². The van der Waals surface area contributed by atoms with Crippen molar-refractivity contribution >= 4 is 22.8 Å². The minimum absolute atomic E-state index is 0.103. The van der Waals surface area contributed by atoms with Crippen LogP contribution in [0.25, 0.3) is 10.9 Å². The Balaban J connectivity index is 1.35. The van der Waals surface area contributed by atoms with E-state index < -0.39 is 11.9 Å². The average Bonchev–Trinajstić information content (AvgIpc) is 3.50. The van der Waals surface area contributed by atoms with E-state index in [0.717, 1.165) is 18.4 Å². The lowest BCUT2D eigenvalue weighted by atomic mass is 9.81. The van der Waals surface area contributed by atoms with Gasteiger partial charge < -0.3 is 19.7 Å². The molecule has 5 rings (SSSR count). The number of carbonyl (C=O) groups excluding carboxylic acids is 1. The Bertz CT molecular complexity index is 963. The number of carboxylic acids is 1. The van der Waals surface area contributed by atoms with Crippen LogP contribution in [0.15, 0.2) is 24.4 Å². The topological polar surface area (TPSA) is 82.6 Å². The SMILES string of the molecule is CC(CC(=O)N1CCOC2C(C(=O)O)CCCC21)c1c[nH]c2cccc(C3CC3)c12. The lowest BCUT2D eigenvalue weighted by molar-refractivity contribution is -0.169. The molecule has 2 N–H and O–H groups in total. The minimum Gasteiger partial charge on any atom is -0.481 e. The van der Waals surface area contributed by atoms with Crippen molar-refractivity contribution < 1.29 is 19.4 Å². The number of carboxylic acid groups (broad SMARTS) is 1. The van der Waals surface area contributed by atoms with Gasteiger partial charge >= 0.3 is 5.97 Å². The van der Waals surface area contributed by atoms with Crippen molar-refractivity contribution in [2.24, 2.45) is 5.92 Å². The summed E-state index contributed by atoms with van der Waals surface area (Å²) in [5.41, 5.74) is 3.78. The molecule has 160 valence electrons. The molecule has 1 aliphatic heterocycles. The third-order valence-corrected chi connectivity index (χ3v) is 7.27. The fourth-order valence-corrected chi connectivity index (χ4v) is 5.58. The molecule has 6 nitrogen and oxygen atoms in total. The molecule has 2 aromatic rings. The van der Waals surface area contributed by atoms with Crippen LogP contribution in [0.3, 0.4) is 0 Å². The normalized spacial score (nSPS) is 27.6. The number of aliphatic carboxylic acids is 1. The van der Waals surface area contributed by atoms with Crippen LogP contribution >= 0.6 is 0 Å². The van der Waals surface area contributed by atoms with Crippen LogP contribution < -0.4 is 0 Å². The van der Waals surface area contributed by atoms with E-state index in [9.17, 15) is 14.7 Å². The predicted octanol–water partition coefficient (Wildman–Crippen LogP) is 4.02. The van der Waals surface area contributed by atoms with Gasteiger partial charge in [0.2, 0.25) is 5.91 Å². The molecule has 0 radical (unpaired) electrons. The first-order valence-electron chi connectivity index (χ1n) is 11.3. The van der Waals surface area contributed by atoms with E-state index in [-0.39, 0.29) is 24.0 Å². The number of aromatic amines is 1. The van der Waals surface area contributed by atoms with Crippen molar-refractivity contribution in [3.63, 3.8) is 0 Å². The van der Waals surface area contributed by atoms with Gasteiger partial charge in [0.1, 0.15) is 0 Å². The van der Waals surface area contributed by atoms with Crippen LogP contribution in [0.4, 0.5) is 0 Å². The zero-order valence-electron chi connectivity index (χ0n) is 17.5. The van der Waals surface area contributed by atoms with E-state index in [1.807, 2.05) is 4.90 Å². The van der Waals surface area contributed by atoms with Gasteiger partial charge in [0.15, 0.2) is 0 Å². The quantitative estimate of drug-likeness (QED) is 0.780. The number of H-pyrrole nitrogens is 1. The number of amides is 1. The third-order valence-electron chi connectivity index (χ3n) is 7.27. The van der Waals surface area contributed by atoms with Gasteiger partial charge in [0, 0.05) is 30.1 Å². The molecule has 30 heavy (non-hydrogen) atoms. The van der Waals surface area contributed by atoms with Gasteiger partial charge in [-0.05, 0) is 54.7 Å². The molecule has 4 atom stereocenters. The monoisotopic (exact) mass is 410 g/mol. The molecule has 1 aromatic heterocycles. The van der Waals surface area contributed by atoms with E-state index in [2.05, 4.69) is 36.3 Å². The molecule has 2 aliphatic carbocycles. The highest BCUT2D eigenvalue weighted by Crippen LogP contribution is 2.45. The average molecular weight is 411 g/mol. The van der Waals surface area contributed by atoms with Crippen molar-refractivity contribution in [2.45, 2.75) is 69.4 Å². The van der Waals surface area contributed by atoms with Gasteiger partial charge in [0.05, 0.1) is 24.7 Å². The fourth-order valence-electron chi connectivity index (χ4n) is 5.58. The smallest absolute Gasteiger partial charge is 0.309 e. The summed E-state index contributed by atoms with van der Waals surface area (Å²) >= 11 is 0. The summed E-state index contributed by atoms with van der Waals surface area (Å²) in [6.45, 7) is 3.10. The zero-order chi connectivity index (χ0) is 20.8. The molecule has 6 heteroatoms. The second-order valence-corrected chi connectivity index (χ2v) is 9.26. The number of hydrogen-bond acceptors (Lipinski definition) is 3. The first kappa shape index (κ1) is 19.6. The largest absolute Gasteiger partial charge is 0.481 e. The molecule has 2 heterocycles. The Kier molecular flexibility index (Phi) is 5.05. The minimum atomic E-state index is -0.807. The van der Waals surface area contributed by atoms with Gasteiger partial charge in [-0.15, -0.1) is 0 Å². The summed E-state index contributed by atoms with van der Waals surface area (Å²) in [7, 11) is 0. The van der Waals surface area contributed by atoms with Gasteiger partial charge in [-0.3, -0.25) is 9.59 Å². The van der Waals surface area contributed by atoms with Crippen LogP contribution in [0, 0.1) is 5.92 Å². The summed E-state index contributed by atoms with van der Waals surface area (Å²) in [5.74, 6) is -0.442. The number of aromatic nitrogens is 1. The number of nitrogens with zero attached hydrogens (tertiary/aromatic N) is 1. The van der Waals surface area contributed by atoms with Gasteiger partial charge in [0.25, 0.3) is 0 Å². The summed E-state index contributed by atoms with van der Waals surface area (Å²) in [5, 5.41) is 10.9. The first-order valence-corrected chi connectivity index (χ1v) is 11.3. The number of fused-ring (bicyclic) bond motifs is 2. The number of hydrogen-bond donors (Lipinski definition) is 2. The van der Waals surface area contributed by atoms with Gasteiger partial charge in [-0.1, -0.05) is 25.5 Å². The van der Waals surface area contributed by atoms with Crippen LogP contribution in [0.2, 0.25) is 0 Å². The highest BCUT2D eigenvalue weighted by Gasteiger charge is 2.44. The molecular formula is C24H30N2O4. The fraction of sp³-hybridized carbons (Fsp3) is 0.583. The lowest BCUT2D eigenvalue weighted by Crippen LogP contribution is -2.58. The summed E-state index contributed by atoms with van der Waals surface area (Å²) < 4.78 is 5.84. The van der Waals surface area contributed by atoms with E-state index in [4.69, 9.17) is 4.74 Å². The Morgan fingerprint density at radius 1 is 1.27 bits per heavy atom. The van der Waals surface area contributed by atoms with E-state index in [1.165, 1.54) is 29.4 Å². The first-order chi connectivity index (χ1) is 14.5. The number of ether oxygens (including phenoxy) is 1. The molecule has 3 fully saturated rings.